The Morgan fingerprint density at radius 2 is 1.86 bits per heavy atom. The molecule has 1 aromatic carbocycles. The van der Waals surface area contributed by atoms with Crippen LogP contribution in [0.1, 0.15) is 47.5 Å². The van der Waals surface area contributed by atoms with E-state index in [1.54, 1.807) is 34.6 Å². The highest BCUT2D eigenvalue weighted by Gasteiger charge is 2.22. The number of nitrogens with one attached hydrogen (secondary N) is 3. The summed E-state index contributed by atoms with van der Waals surface area (Å²) in [6.07, 6.45) is 7.11. The largest absolute Gasteiger partial charge is 0.492 e. The van der Waals surface area contributed by atoms with E-state index in [1.807, 2.05) is 24.3 Å². The number of rotatable bonds is 11. The van der Waals surface area contributed by atoms with Crippen molar-refractivity contribution in [2.45, 2.75) is 53.0 Å². The van der Waals surface area contributed by atoms with Gasteiger partial charge in [-0.15, -0.1) is 0 Å². The molecule has 1 aromatic heterocycles. The smallest absolute Gasteiger partial charge is 0.240 e. The number of benzene rings is 1. The first-order chi connectivity index (χ1) is 17.4. The Morgan fingerprint density at radius 1 is 1.19 bits per heavy atom. The van der Waals surface area contributed by atoms with Gasteiger partial charge in [0, 0.05) is 23.5 Å². The number of nitrogens with zero attached hydrogens (tertiary/aromatic N) is 3. The molecule has 0 saturated carbocycles. The van der Waals surface area contributed by atoms with Crippen molar-refractivity contribution < 1.29 is 13.2 Å². The van der Waals surface area contributed by atoms with Gasteiger partial charge in [-0.3, -0.25) is 4.90 Å². The van der Waals surface area contributed by atoms with Crippen molar-refractivity contribution in [1.82, 2.24) is 19.6 Å². The van der Waals surface area contributed by atoms with Gasteiger partial charge in [0.15, 0.2) is 5.82 Å². The van der Waals surface area contributed by atoms with Gasteiger partial charge in [-0.2, -0.15) is 4.98 Å². The molecule has 2 aromatic rings. The summed E-state index contributed by atoms with van der Waals surface area (Å²) in [4.78, 5) is 11.3. The van der Waals surface area contributed by atoms with Gasteiger partial charge in [0.2, 0.25) is 16.0 Å². The maximum atomic E-state index is 12.7. The minimum atomic E-state index is -3.68. The molecule has 0 spiro atoms. The van der Waals surface area contributed by atoms with Crippen molar-refractivity contribution in [3.05, 3.63) is 53.2 Å². The third-order valence-electron chi connectivity index (χ3n) is 5.51. The van der Waals surface area contributed by atoms with Crippen molar-refractivity contribution in [2.24, 2.45) is 0 Å². The summed E-state index contributed by atoms with van der Waals surface area (Å²) in [6, 6.07) is 7.60. The highest BCUT2D eigenvalue weighted by atomic mass is 32.2. The van der Waals surface area contributed by atoms with Crippen molar-refractivity contribution >= 4 is 33.2 Å². The third-order valence-corrected chi connectivity index (χ3v) is 7.37. The minimum Gasteiger partial charge on any atom is -0.492 e. The molecule has 0 atom stereocenters. The van der Waals surface area contributed by atoms with Crippen LogP contribution in [0.3, 0.4) is 0 Å². The van der Waals surface area contributed by atoms with E-state index >= 15 is 0 Å². The molecule has 3 rings (SSSR count). The molecule has 202 valence electrons. The van der Waals surface area contributed by atoms with Gasteiger partial charge < -0.3 is 21.1 Å². The van der Waals surface area contributed by atoms with Gasteiger partial charge in [-0.25, -0.2) is 18.1 Å². The number of allylic oxidation sites excluding steroid dienone is 3. The van der Waals surface area contributed by atoms with Crippen LogP contribution >= 0.6 is 0 Å². The molecule has 1 aliphatic rings. The van der Waals surface area contributed by atoms with Gasteiger partial charge in [-0.05, 0) is 90.9 Å². The Bertz CT molecular complexity index is 1210. The molecule has 1 saturated heterocycles. The number of nitrogen functional groups attached to an aromatic ring is 1. The van der Waals surface area contributed by atoms with Crippen molar-refractivity contribution in [2.75, 3.05) is 42.6 Å². The standard InChI is InChI=1S/C26H39N7O3S/c1-6-22(37(34,35)32-26(3,4)5)17-19(2)29-24-23(27)18-28-25(31-24)30-20-9-11-21(12-10-20)36-16-15-33-13-7-8-14-33/h6,9-12,17-18,32H,7-8,13-16,27H2,1-5H3,(H2,28,29,30,31)/b19-17+,22-6+. The molecule has 2 heterocycles. The molecule has 11 heteroatoms. The highest BCUT2D eigenvalue weighted by Crippen LogP contribution is 2.23. The van der Waals surface area contributed by atoms with Crippen LogP contribution in [0.5, 0.6) is 5.75 Å². The van der Waals surface area contributed by atoms with E-state index in [2.05, 4.69) is 30.2 Å². The zero-order chi connectivity index (χ0) is 27.1. The van der Waals surface area contributed by atoms with Crippen LogP contribution in [-0.2, 0) is 10.0 Å². The van der Waals surface area contributed by atoms with E-state index in [0.717, 1.165) is 31.1 Å². The highest BCUT2D eigenvalue weighted by molar-refractivity contribution is 7.93. The van der Waals surface area contributed by atoms with Crippen LogP contribution in [0.25, 0.3) is 0 Å². The summed E-state index contributed by atoms with van der Waals surface area (Å²) in [7, 11) is -3.68. The van der Waals surface area contributed by atoms with E-state index in [1.165, 1.54) is 31.2 Å². The minimum absolute atomic E-state index is 0.140. The lowest BCUT2D eigenvalue weighted by Gasteiger charge is -2.21. The average molecular weight is 530 g/mol. The molecule has 1 aliphatic heterocycles. The number of ether oxygens (including phenoxy) is 1. The number of hydrogen-bond donors (Lipinski definition) is 4. The molecule has 5 N–H and O–H groups in total. The second kappa shape index (κ2) is 12.4. The number of nitrogens with two attached hydrogens (primary N) is 1. The molecular weight excluding hydrogens is 490 g/mol. The quantitative estimate of drug-likeness (QED) is 0.316. The van der Waals surface area contributed by atoms with Gasteiger partial charge in [0.25, 0.3) is 0 Å². The van der Waals surface area contributed by atoms with Crippen molar-refractivity contribution in [3.8, 4) is 5.75 Å². The van der Waals surface area contributed by atoms with Gasteiger partial charge in [-0.1, -0.05) is 6.08 Å². The number of anilines is 4. The molecule has 0 radical (unpaired) electrons. The summed E-state index contributed by atoms with van der Waals surface area (Å²) < 4.78 is 33.9. The fraction of sp³-hybridized carbons (Fsp3) is 0.462. The van der Waals surface area contributed by atoms with E-state index in [9.17, 15) is 8.42 Å². The molecule has 0 bridgehead atoms. The van der Waals surface area contributed by atoms with Gasteiger partial charge in [0.05, 0.1) is 16.8 Å². The third kappa shape index (κ3) is 9.03. The normalized spacial score (nSPS) is 15.6. The fourth-order valence-electron chi connectivity index (χ4n) is 3.83. The van der Waals surface area contributed by atoms with Crippen molar-refractivity contribution in [1.29, 1.82) is 0 Å². The maximum Gasteiger partial charge on any atom is 0.240 e. The van der Waals surface area contributed by atoms with Crippen LogP contribution in [0, 0.1) is 0 Å². The topological polar surface area (TPSA) is 134 Å². The Hall–Kier alpha value is -3.15. The summed E-state index contributed by atoms with van der Waals surface area (Å²) in [5.74, 6) is 1.52. The number of aromatic nitrogens is 2. The Labute approximate surface area is 220 Å². The first-order valence-corrected chi connectivity index (χ1v) is 13.9. The second-order valence-corrected chi connectivity index (χ2v) is 11.7. The molecule has 0 amide bonds. The summed E-state index contributed by atoms with van der Waals surface area (Å²) in [5.41, 5.74) is 7.15. The summed E-state index contributed by atoms with van der Waals surface area (Å²) >= 11 is 0. The predicted molar refractivity (Wildman–Crippen MR) is 150 cm³/mol. The molecular formula is C26H39N7O3S. The molecule has 1 fully saturated rings. The molecule has 0 unspecified atom stereocenters. The maximum absolute atomic E-state index is 12.7. The van der Waals surface area contributed by atoms with E-state index in [4.69, 9.17) is 10.5 Å². The molecule has 0 aliphatic carbocycles. The zero-order valence-corrected chi connectivity index (χ0v) is 23.2. The second-order valence-electron chi connectivity index (χ2n) is 10.0. The van der Waals surface area contributed by atoms with Crippen LogP contribution in [0.2, 0.25) is 0 Å². The van der Waals surface area contributed by atoms with Crippen LogP contribution < -0.4 is 25.8 Å². The Balaban J connectivity index is 1.62. The van der Waals surface area contributed by atoms with Gasteiger partial charge in [0.1, 0.15) is 12.4 Å². The number of sulfonamides is 1. The number of likely N-dealkylation sites (tertiary alicyclic amines) is 1. The summed E-state index contributed by atoms with van der Waals surface area (Å²) in [5, 5.41) is 6.24. The Morgan fingerprint density at radius 3 is 2.49 bits per heavy atom. The van der Waals surface area contributed by atoms with Crippen LogP contribution in [0.15, 0.2) is 53.2 Å². The zero-order valence-electron chi connectivity index (χ0n) is 22.3. The lowest BCUT2D eigenvalue weighted by Crippen LogP contribution is -2.40. The fourth-order valence-corrected chi connectivity index (χ4v) is 5.39. The van der Waals surface area contributed by atoms with Gasteiger partial charge >= 0.3 is 0 Å². The van der Waals surface area contributed by atoms with Crippen LogP contribution in [-0.4, -0.2) is 55.1 Å². The monoisotopic (exact) mass is 529 g/mol. The lowest BCUT2D eigenvalue weighted by molar-refractivity contribution is 0.238. The van der Waals surface area contributed by atoms with E-state index in [0.29, 0.717) is 29.8 Å². The van der Waals surface area contributed by atoms with Crippen LogP contribution in [0.4, 0.5) is 23.1 Å². The first-order valence-electron chi connectivity index (χ1n) is 12.5. The molecule has 37 heavy (non-hydrogen) atoms. The number of hydrogen-bond acceptors (Lipinski definition) is 9. The average Bonchev–Trinajstić information content (AvgIpc) is 3.33. The lowest BCUT2D eigenvalue weighted by atomic mass is 10.1. The SMILES string of the molecule is C/C=C(\C=C(/C)Nc1nc(Nc2ccc(OCCN3CCCC3)cc2)ncc1N)S(=O)(=O)NC(C)(C)C. The summed E-state index contributed by atoms with van der Waals surface area (Å²) in [6.45, 7) is 12.7. The van der Waals surface area contributed by atoms with E-state index in [-0.39, 0.29) is 4.91 Å². The Kier molecular flexibility index (Phi) is 9.52. The predicted octanol–water partition coefficient (Wildman–Crippen LogP) is 4.21. The first kappa shape index (κ1) is 28.4. The van der Waals surface area contributed by atoms with E-state index < -0.39 is 15.6 Å². The molecule has 10 nitrogen and oxygen atoms in total. The van der Waals surface area contributed by atoms with Crippen molar-refractivity contribution in [3.63, 3.8) is 0 Å².